The Kier molecular flexibility index (Phi) is 3.33. The van der Waals surface area contributed by atoms with Crippen LogP contribution in [0.4, 0.5) is 0 Å². The van der Waals surface area contributed by atoms with E-state index in [1.807, 2.05) is 13.0 Å². The zero-order valence-electron chi connectivity index (χ0n) is 6.14. The molecule has 1 aromatic carbocycles. The van der Waals surface area contributed by atoms with Crippen molar-refractivity contribution in [3.05, 3.63) is 31.8 Å². The van der Waals surface area contributed by atoms with Crippen molar-refractivity contribution in [2.24, 2.45) is 5.73 Å². The first-order valence-electron chi connectivity index (χ1n) is 3.32. The fraction of sp³-hybridized carbons (Fsp3) is 0.250. The van der Waals surface area contributed by atoms with Gasteiger partial charge in [0.05, 0.1) is 0 Å². The van der Waals surface area contributed by atoms with E-state index in [0.717, 1.165) is 10.0 Å². The summed E-state index contributed by atoms with van der Waals surface area (Å²) in [6.07, 6.45) is 0. The van der Waals surface area contributed by atoms with Crippen LogP contribution in [-0.4, -0.2) is 0 Å². The lowest BCUT2D eigenvalue weighted by Crippen LogP contribution is -2.05. The average Bonchev–Trinajstić information content (AvgIpc) is 1.94. The number of hydrogen-bond donors (Lipinski definition) is 1. The lowest BCUT2D eigenvalue weighted by atomic mass is 10.1. The minimum atomic E-state index is 0.0964. The van der Waals surface area contributed by atoms with Gasteiger partial charge in [0.1, 0.15) is 0 Å². The van der Waals surface area contributed by atoms with Gasteiger partial charge < -0.3 is 5.73 Å². The fourth-order valence-electron chi connectivity index (χ4n) is 0.864. The summed E-state index contributed by atoms with van der Waals surface area (Å²) in [7, 11) is 0. The maximum Gasteiger partial charge on any atom is 0.0277 e. The van der Waals surface area contributed by atoms with Gasteiger partial charge in [-0.2, -0.15) is 0 Å². The number of nitrogens with two attached hydrogens (primary N) is 1. The highest BCUT2D eigenvalue weighted by Gasteiger charge is 2.03. The van der Waals surface area contributed by atoms with Gasteiger partial charge in [-0.05, 0) is 53.3 Å². The molecule has 0 bridgehead atoms. The van der Waals surface area contributed by atoms with Gasteiger partial charge in [0, 0.05) is 14.1 Å². The maximum atomic E-state index is 5.75. The molecule has 0 spiro atoms. The summed E-state index contributed by atoms with van der Waals surface area (Å²) in [5, 5.41) is 0. The highest BCUT2D eigenvalue weighted by molar-refractivity contribution is 14.1. The summed E-state index contributed by atoms with van der Waals surface area (Å²) < 4.78 is 2.31. The topological polar surface area (TPSA) is 26.0 Å². The standard InChI is InChI=1S/C8H9BrIN/c1-5(11)7-4-6(10)2-3-8(7)9/h2-5H,11H2,1H3/t5-/m1/s1. The Bertz CT molecular complexity index is 260. The molecule has 3 heteroatoms. The lowest BCUT2D eigenvalue weighted by molar-refractivity contribution is 0.812. The second kappa shape index (κ2) is 3.87. The molecule has 1 nitrogen and oxygen atoms in total. The third kappa shape index (κ3) is 2.42. The molecule has 0 aliphatic heterocycles. The first kappa shape index (κ1) is 9.48. The van der Waals surface area contributed by atoms with Crippen LogP contribution in [0.3, 0.4) is 0 Å². The molecule has 60 valence electrons. The molecule has 0 saturated heterocycles. The Morgan fingerprint density at radius 1 is 1.55 bits per heavy atom. The van der Waals surface area contributed by atoms with E-state index in [0.29, 0.717) is 0 Å². The van der Waals surface area contributed by atoms with Crippen molar-refractivity contribution in [2.45, 2.75) is 13.0 Å². The molecule has 11 heavy (non-hydrogen) atoms. The molecule has 0 aliphatic rings. The average molecular weight is 326 g/mol. The van der Waals surface area contributed by atoms with E-state index in [1.54, 1.807) is 0 Å². The number of rotatable bonds is 1. The predicted molar refractivity (Wildman–Crippen MR) is 59.5 cm³/mol. The molecular formula is C8H9BrIN. The lowest BCUT2D eigenvalue weighted by Gasteiger charge is -2.07. The monoisotopic (exact) mass is 325 g/mol. The first-order valence-corrected chi connectivity index (χ1v) is 5.19. The number of hydrogen-bond acceptors (Lipinski definition) is 1. The third-order valence-corrected chi connectivity index (χ3v) is 2.84. The minimum absolute atomic E-state index is 0.0964. The van der Waals surface area contributed by atoms with Gasteiger partial charge in [-0.15, -0.1) is 0 Å². The molecule has 1 rings (SSSR count). The Hall–Kier alpha value is 0.390. The summed E-state index contributed by atoms with van der Waals surface area (Å²) in [6.45, 7) is 1.98. The van der Waals surface area contributed by atoms with Crippen molar-refractivity contribution in [1.29, 1.82) is 0 Å². The summed E-state index contributed by atoms with van der Waals surface area (Å²) in [6, 6.07) is 6.27. The molecule has 0 fully saturated rings. The van der Waals surface area contributed by atoms with E-state index in [2.05, 4.69) is 50.7 Å². The third-order valence-electron chi connectivity index (χ3n) is 1.45. The van der Waals surface area contributed by atoms with Gasteiger partial charge in [-0.25, -0.2) is 0 Å². The molecule has 0 radical (unpaired) electrons. The van der Waals surface area contributed by atoms with Crippen LogP contribution in [0.2, 0.25) is 0 Å². The van der Waals surface area contributed by atoms with Crippen LogP contribution in [0.5, 0.6) is 0 Å². The van der Waals surface area contributed by atoms with Crippen molar-refractivity contribution >= 4 is 38.5 Å². The molecule has 0 heterocycles. The second-order valence-electron chi connectivity index (χ2n) is 2.45. The van der Waals surface area contributed by atoms with Crippen LogP contribution in [0, 0.1) is 3.57 Å². The summed E-state index contributed by atoms with van der Waals surface area (Å²) in [5.74, 6) is 0. The zero-order valence-corrected chi connectivity index (χ0v) is 9.89. The molecule has 0 amide bonds. The molecule has 1 atom stereocenters. The largest absolute Gasteiger partial charge is 0.324 e. The van der Waals surface area contributed by atoms with Crippen LogP contribution in [0.15, 0.2) is 22.7 Å². The number of halogens is 2. The van der Waals surface area contributed by atoms with Gasteiger partial charge in [-0.3, -0.25) is 0 Å². The molecule has 2 N–H and O–H groups in total. The fourth-order valence-corrected chi connectivity index (χ4v) is 1.99. The van der Waals surface area contributed by atoms with Gasteiger partial charge in [0.2, 0.25) is 0 Å². The Labute approximate surface area is 88.6 Å². The van der Waals surface area contributed by atoms with E-state index in [-0.39, 0.29) is 6.04 Å². The molecule has 0 saturated carbocycles. The van der Waals surface area contributed by atoms with Gasteiger partial charge in [0.15, 0.2) is 0 Å². The number of benzene rings is 1. The van der Waals surface area contributed by atoms with Crippen LogP contribution in [-0.2, 0) is 0 Å². The van der Waals surface area contributed by atoms with E-state index < -0.39 is 0 Å². The van der Waals surface area contributed by atoms with Crippen molar-refractivity contribution in [3.8, 4) is 0 Å². The Morgan fingerprint density at radius 2 is 2.18 bits per heavy atom. The van der Waals surface area contributed by atoms with Gasteiger partial charge in [0.25, 0.3) is 0 Å². The van der Waals surface area contributed by atoms with Crippen LogP contribution in [0.25, 0.3) is 0 Å². The Balaban J connectivity index is 3.13. The Morgan fingerprint density at radius 3 is 2.64 bits per heavy atom. The maximum absolute atomic E-state index is 5.75. The van der Waals surface area contributed by atoms with Crippen molar-refractivity contribution < 1.29 is 0 Å². The molecule has 0 unspecified atom stereocenters. The van der Waals surface area contributed by atoms with Crippen LogP contribution >= 0.6 is 38.5 Å². The van der Waals surface area contributed by atoms with Gasteiger partial charge >= 0.3 is 0 Å². The highest BCUT2D eigenvalue weighted by atomic mass is 127. The summed E-state index contributed by atoms with van der Waals surface area (Å²) in [4.78, 5) is 0. The minimum Gasteiger partial charge on any atom is -0.324 e. The van der Waals surface area contributed by atoms with Gasteiger partial charge in [-0.1, -0.05) is 15.9 Å². The van der Waals surface area contributed by atoms with Crippen LogP contribution in [0.1, 0.15) is 18.5 Å². The second-order valence-corrected chi connectivity index (χ2v) is 4.55. The van der Waals surface area contributed by atoms with Crippen molar-refractivity contribution in [1.82, 2.24) is 0 Å². The first-order chi connectivity index (χ1) is 5.11. The van der Waals surface area contributed by atoms with Crippen molar-refractivity contribution in [3.63, 3.8) is 0 Å². The SMILES string of the molecule is C[C@@H](N)c1cc(I)ccc1Br. The van der Waals surface area contributed by atoms with E-state index in [9.17, 15) is 0 Å². The highest BCUT2D eigenvalue weighted by Crippen LogP contribution is 2.23. The zero-order chi connectivity index (χ0) is 8.43. The molecule has 0 aliphatic carbocycles. The molecule has 0 aromatic heterocycles. The van der Waals surface area contributed by atoms with E-state index in [1.165, 1.54) is 3.57 Å². The van der Waals surface area contributed by atoms with Crippen LogP contribution < -0.4 is 5.73 Å². The quantitative estimate of drug-likeness (QED) is 0.789. The normalized spacial score (nSPS) is 13.1. The summed E-state index contributed by atoms with van der Waals surface area (Å²) >= 11 is 5.73. The van der Waals surface area contributed by atoms with E-state index in [4.69, 9.17) is 5.73 Å². The summed E-state index contributed by atoms with van der Waals surface area (Å²) in [5.41, 5.74) is 6.91. The van der Waals surface area contributed by atoms with Crippen molar-refractivity contribution in [2.75, 3.05) is 0 Å². The molecular weight excluding hydrogens is 317 g/mol. The smallest absolute Gasteiger partial charge is 0.0277 e. The van der Waals surface area contributed by atoms with E-state index >= 15 is 0 Å². The molecule has 1 aromatic rings. The predicted octanol–water partition coefficient (Wildman–Crippen LogP) is 3.07.